The first kappa shape index (κ1) is 111. The van der Waals surface area contributed by atoms with E-state index in [1.165, 1.54) is 68.9 Å². The van der Waals surface area contributed by atoms with E-state index in [9.17, 15) is 68.1 Å². The van der Waals surface area contributed by atoms with Crippen LogP contribution in [0, 0.1) is 52.2 Å². The Labute approximate surface area is 672 Å². The van der Waals surface area contributed by atoms with Gasteiger partial charge in [0.15, 0.2) is 67.7 Å². The molecule has 610 valence electrons. The van der Waals surface area contributed by atoms with E-state index in [0.29, 0.717) is 0 Å². The van der Waals surface area contributed by atoms with E-state index in [1.807, 2.05) is 0 Å². The zero-order chi connectivity index (χ0) is 83.2. The number of alkyl halides is 8. The Morgan fingerprint density at radius 1 is 0.500 bits per heavy atom. The summed E-state index contributed by atoms with van der Waals surface area (Å²) in [5.74, 6) is -8.84. The fourth-order valence-corrected chi connectivity index (χ4v) is 9.20. The summed E-state index contributed by atoms with van der Waals surface area (Å²) in [6.07, 6.45) is -19.9. The van der Waals surface area contributed by atoms with Gasteiger partial charge in [0, 0.05) is 72.8 Å². The standard InChI is InChI=1S/C13H18Cl3NO6.C13H20O7.C11H18O6.C7H12O7.C6H8O5.C4H6O3.C2Cl3N.CH2Cl2.CH4O.CH3O.Na/c1-5-6(2)9(21-7(3)18)11(22-8(5)10(19)20-4)23-12(17)13(14,15)16;1-6-7(2)11(18-8(3)14)13(19-9(4)15)20-10(6)12(16)17-5;1-5-6(2)9(16-7(3)12)11(14)17-8(5)10(13)15-4;1-13-7(12)5-3(9)2(8)4(10)6(11)14-5;7-3-1-2-5(11-3)4(8)6(9)10-2;1-3(5)7-4(2)6;3-2(4,5)1-6;2-1-3;2*1-2;/h5-6,8-9,11,17H,1-4H3;6-7,10-11,13H,1-5H3;5-6,8-9,11,14H,1-4H3;2-6,8-11H,1H3;2-5,7-8H,1H2;1-2H3;;1H2;2H,1H3;1H3;/q;;;;;;;;;-1;+1/t5-,6-,8?,9?,11?;6-,7-,10?,11?,13?;5-,6-,8?,9?,11?;2-,3-,4?,5?,6?;2-,3?,4-,5+;;;;;;/m00001....../s1. The minimum atomic E-state index is -2.11. The molecular weight excluding hydrogens is 1620 g/mol. The van der Waals surface area contributed by atoms with Gasteiger partial charge >= 0.3 is 95.2 Å². The predicted octanol–water partition coefficient (Wildman–Crippen LogP) is -2.49. The summed E-state index contributed by atoms with van der Waals surface area (Å²) in [7, 11) is 6.55. The van der Waals surface area contributed by atoms with Gasteiger partial charge in [-0.05, 0) is 17.8 Å². The second-order valence-corrected chi connectivity index (χ2v) is 27.1. The fourth-order valence-electron chi connectivity index (χ4n) is 9.06. The summed E-state index contributed by atoms with van der Waals surface area (Å²) in [6.45, 7) is 18.0. The number of aliphatic hydroxyl groups excluding tert-OH is 8. The number of halogens is 8. The van der Waals surface area contributed by atoms with E-state index >= 15 is 0 Å². The van der Waals surface area contributed by atoms with E-state index in [0.717, 1.165) is 21.3 Å². The van der Waals surface area contributed by atoms with Crippen molar-refractivity contribution in [3.8, 4) is 6.07 Å². The average Bonchev–Trinajstić information content (AvgIpc) is 0.995. The number of nitrogens with zero attached hydrogens (tertiary/aromatic N) is 1. The molecule has 6 fully saturated rings. The quantitative estimate of drug-likeness (QED) is 0.0219. The summed E-state index contributed by atoms with van der Waals surface area (Å²) in [5.41, 5.74) is 0. The van der Waals surface area contributed by atoms with Gasteiger partial charge in [0.25, 0.3) is 7.59 Å². The van der Waals surface area contributed by atoms with Crippen molar-refractivity contribution in [2.75, 3.05) is 48.0 Å². The number of methoxy groups -OCH3 is 4. The number of carbonyl (C=O) groups excluding carboxylic acids is 11. The van der Waals surface area contributed by atoms with Crippen LogP contribution in [0.3, 0.4) is 0 Å². The summed E-state index contributed by atoms with van der Waals surface area (Å²) in [4.78, 5) is 121. The molecule has 0 saturated carbocycles. The van der Waals surface area contributed by atoms with Crippen LogP contribution < -0.4 is 34.7 Å². The van der Waals surface area contributed by atoms with E-state index in [2.05, 4.69) is 28.4 Å². The van der Waals surface area contributed by atoms with Gasteiger partial charge in [0.1, 0.15) is 36.6 Å². The van der Waals surface area contributed by atoms with Crippen molar-refractivity contribution in [2.45, 2.75) is 208 Å². The molecule has 0 aromatic carbocycles. The third-order valence-corrected chi connectivity index (χ3v) is 15.3. The zero-order valence-electron chi connectivity index (χ0n) is 60.8. The number of aliphatic hydroxyl groups is 8. The molecule has 0 spiro atoms. The first-order valence-electron chi connectivity index (χ1n) is 30.1. The minimum Gasteiger partial charge on any atom is -0.857 e. The van der Waals surface area contributed by atoms with Crippen LogP contribution >= 0.6 is 92.8 Å². The van der Waals surface area contributed by atoms with Gasteiger partial charge in [-0.1, -0.05) is 111 Å². The second-order valence-electron chi connectivity index (χ2n) is 21.7. The summed E-state index contributed by atoms with van der Waals surface area (Å²) < 4.78 is 74.0. The van der Waals surface area contributed by atoms with Gasteiger partial charge in [0.05, 0.1) is 33.8 Å². The molecule has 0 aromatic heterocycles. The van der Waals surface area contributed by atoms with Crippen LogP contribution in [-0.4, -0.2) is 279 Å². The molecule has 6 aliphatic heterocycles. The van der Waals surface area contributed by atoms with Crippen LogP contribution in [0.4, 0.5) is 0 Å². The molecule has 0 aliphatic carbocycles. The van der Waals surface area contributed by atoms with Crippen molar-refractivity contribution in [3.63, 3.8) is 0 Å². The molecule has 6 rings (SSSR count). The maximum atomic E-state index is 11.8. The summed E-state index contributed by atoms with van der Waals surface area (Å²) >= 11 is 40.9. The number of nitrogens with one attached hydrogen (secondary N) is 1. The monoisotopic (exact) mass is 1710 g/mol. The number of rotatable bonds is 9. The molecule has 106 heavy (non-hydrogen) atoms. The summed E-state index contributed by atoms with van der Waals surface area (Å²) in [5, 5.41) is 95.1. The largest absolute Gasteiger partial charge is 1.00 e. The van der Waals surface area contributed by atoms with E-state index in [1.54, 1.807) is 41.5 Å². The minimum absolute atomic E-state index is 0. The van der Waals surface area contributed by atoms with Crippen molar-refractivity contribution in [1.82, 2.24) is 0 Å². The van der Waals surface area contributed by atoms with Crippen LogP contribution in [-0.2, 0) is 129 Å². The Morgan fingerprint density at radius 3 is 1.11 bits per heavy atom. The van der Waals surface area contributed by atoms with Crippen molar-refractivity contribution in [2.24, 2.45) is 35.5 Å². The Hall–Kier alpha value is -3.91. The molecule has 47 heteroatoms. The van der Waals surface area contributed by atoms with E-state index < -0.39 is 190 Å². The Bertz CT molecular complexity index is 2760. The van der Waals surface area contributed by atoms with Gasteiger partial charge in [-0.3, -0.25) is 34.2 Å². The van der Waals surface area contributed by atoms with Crippen LogP contribution in [0.2, 0.25) is 0 Å². The number of carbonyl (C=O) groups is 11. The SMILES string of the molecule is CC(=O)OC(C)=O.CO.COC(=O)C1OC(O)C(O)[C@@H](O)[C@@H]1O.COC(=O)C1OC(O)C(OC(C)=O)[C@@H](C)[C@@H]1C.COC(=O)C1OC(OC(=N)C(Cl)(Cl)Cl)C(OC(C)=O)[C@@H](C)[C@@H]1C.COC(=O)C1OC(OC(C)=O)C(OC(C)=O)[C@@H](C)[C@@H]1C.C[O-].ClCCl.N#CC(Cl)(Cl)Cl.O=C1O[C@@H]2CC(O)O[C@@H]2[C@H]1O.[Na+]. The first-order valence-corrected chi connectivity index (χ1v) is 33.5. The fraction of sp³-hybridized carbons (Fsp3) is 0.780. The van der Waals surface area contributed by atoms with Gasteiger partial charge in [-0.15, -0.1) is 23.2 Å². The van der Waals surface area contributed by atoms with Gasteiger partial charge in [-0.2, -0.15) is 12.4 Å². The second kappa shape index (κ2) is 55.5. The Balaban J connectivity index is -0.000000380. The average molecular weight is 1710 g/mol. The smallest absolute Gasteiger partial charge is 0.857 e. The van der Waals surface area contributed by atoms with Crippen molar-refractivity contribution >= 4 is 164 Å². The van der Waals surface area contributed by atoms with Crippen LogP contribution in [0.25, 0.3) is 0 Å². The predicted molar refractivity (Wildman–Crippen MR) is 358 cm³/mol. The van der Waals surface area contributed by atoms with E-state index in [4.69, 9.17) is 181 Å². The number of esters is 11. The molecule has 38 nitrogen and oxygen atoms in total. The zero-order valence-corrected chi connectivity index (χ0v) is 68.8. The Kier molecular flexibility index (Phi) is 57.9. The topological polar surface area (TPSA) is 568 Å². The van der Waals surface area contributed by atoms with Crippen LogP contribution in [0.5, 0.6) is 0 Å². The third kappa shape index (κ3) is 39.8. The van der Waals surface area contributed by atoms with Crippen molar-refractivity contribution in [3.05, 3.63) is 0 Å². The molecular formula is C59H91Cl8N2NaO36. The number of nitriles is 1. The molecule has 0 bridgehead atoms. The third-order valence-electron chi connectivity index (χ3n) is 14.5. The number of ether oxygens (including phenoxy) is 16. The molecule has 0 aromatic rings. The number of hydrogen-bond acceptors (Lipinski definition) is 38. The molecule has 0 radical (unpaired) electrons. The maximum Gasteiger partial charge on any atom is 1.00 e. The molecule has 0 amide bonds. The summed E-state index contributed by atoms with van der Waals surface area (Å²) in [6, 6.07) is 1.40. The molecule has 6 aliphatic rings. The first-order chi connectivity index (χ1) is 48.4. The molecule has 24 atom stereocenters. The van der Waals surface area contributed by atoms with Crippen molar-refractivity contribution in [1.29, 1.82) is 10.7 Å². The number of fused-ring (bicyclic) bond motifs is 1. The van der Waals surface area contributed by atoms with Gasteiger partial charge in [-0.25, -0.2) is 24.0 Å². The van der Waals surface area contributed by atoms with Crippen LogP contribution in [0.15, 0.2) is 0 Å². The van der Waals surface area contributed by atoms with E-state index in [-0.39, 0.29) is 76.8 Å². The van der Waals surface area contributed by atoms with Gasteiger partial charge < -0.3 is 122 Å². The molecule has 6 heterocycles. The maximum absolute atomic E-state index is 11.8. The molecule has 13 unspecified atom stereocenters. The number of hydrogen-bond donors (Lipinski definition) is 9. The van der Waals surface area contributed by atoms with Crippen LogP contribution in [0.1, 0.15) is 89.5 Å². The molecule has 9 N–H and O–H groups in total. The normalized spacial score (nSPS) is 31.2. The van der Waals surface area contributed by atoms with Crippen molar-refractivity contribution < 1.29 is 204 Å². The van der Waals surface area contributed by atoms with Gasteiger partial charge in [0.2, 0.25) is 18.5 Å². The Morgan fingerprint density at radius 2 is 0.811 bits per heavy atom. The molecule has 6 saturated heterocycles.